The molecule has 0 spiro atoms. The molecule has 0 aliphatic carbocycles. The standard InChI is InChI=1S/C32H46OSi/c1-9-32(10-2,24-17-18-27(3)4)26-28(5)23-25-33-34(31(6,7)8,29-19-13-11-14-20-29)30-21-15-12-16-22-30/h9,11-16,18-23H,1,10,17,24-26H2,2-8H3/b28-23+. The smallest absolute Gasteiger partial charge is 0.261 e. The molecule has 1 nitrogen and oxygen atoms in total. The first kappa shape index (κ1) is 28.1. The second-order valence-corrected chi connectivity index (χ2v) is 15.2. The molecule has 2 aromatic carbocycles. The number of hydrogen-bond acceptors (Lipinski definition) is 1. The average Bonchev–Trinajstić information content (AvgIpc) is 2.81. The van der Waals surface area contributed by atoms with Crippen molar-refractivity contribution < 1.29 is 4.43 Å². The Morgan fingerprint density at radius 3 is 1.82 bits per heavy atom. The number of allylic oxidation sites excluding steroid dienone is 4. The van der Waals surface area contributed by atoms with E-state index in [1.807, 2.05) is 0 Å². The Hall–Kier alpha value is -2.16. The zero-order valence-electron chi connectivity index (χ0n) is 22.7. The summed E-state index contributed by atoms with van der Waals surface area (Å²) in [6.45, 7) is 20.7. The van der Waals surface area contributed by atoms with Crippen LogP contribution in [-0.4, -0.2) is 14.9 Å². The zero-order chi connectivity index (χ0) is 25.2. The van der Waals surface area contributed by atoms with Gasteiger partial charge in [-0.05, 0) is 67.3 Å². The monoisotopic (exact) mass is 474 g/mol. The molecule has 0 amide bonds. The first-order valence-corrected chi connectivity index (χ1v) is 14.7. The second-order valence-electron chi connectivity index (χ2n) is 10.9. The molecule has 0 radical (unpaired) electrons. The van der Waals surface area contributed by atoms with Gasteiger partial charge in [-0.2, -0.15) is 0 Å². The van der Waals surface area contributed by atoms with E-state index in [4.69, 9.17) is 4.43 Å². The molecule has 0 saturated carbocycles. The molecular weight excluding hydrogens is 428 g/mol. The highest BCUT2D eigenvalue weighted by molar-refractivity contribution is 6.99. The highest BCUT2D eigenvalue weighted by Crippen LogP contribution is 2.38. The van der Waals surface area contributed by atoms with Crippen LogP contribution in [0.15, 0.2) is 96.6 Å². The molecular formula is C32H46OSi. The van der Waals surface area contributed by atoms with Crippen molar-refractivity contribution in [2.75, 3.05) is 6.61 Å². The van der Waals surface area contributed by atoms with E-state index in [1.54, 1.807) is 0 Å². The lowest BCUT2D eigenvalue weighted by Gasteiger charge is -2.43. The maximum absolute atomic E-state index is 7.06. The van der Waals surface area contributed by atoms with Crippen LogP contribution in [0.3, 0.4) is 0 Å². The van der Waals surface area contributed by atoms with Gasteiger partial charge in [-0.3, -0.25) is 0 Å². The van der Waals surface area contributed by atoms with E-state index >= 15 is 0 Å². The van der Waals surface area contributed by atoms with Crippen LogP contribution in [0.5, 0.6) is 0 Å². The fourth-order valence-electron chi connectivity index (χ4n) is 5.06. The SMILES string of the molecule is C=CC(CC)(CCC=C(C)C)C/C(C)=C/CO[Si](c1ccccc1)(c1ccccc1)C(C)(C)C. The fourth-order valence-corrected chi connectivity index (χ4v) is 9.54. The molecule has 2 aromatic rings. The van der Waals surface area contributed by atoms with Gasteiger partial charge in [-0.25, -0.2) is 0 Å². The van der Waals surface area contributed by atoms with Gasteiger partial charge in [0.25, 0.3) is 8.32 Å². The summed E-state index contributed by atoms with van der Waals surface area (Å²) in [6.07, 6.45) is 11.2. The first-order valence-electron chi connectivity index (χ1n) is 12.8. The minimum absolute atomic E-state index is 0.00388. The van der Waals surface area contributed by atoms with Crippen molar-refractivity contribution in [3.8, 4) is 0 Å². The Labute approximate surface area is 210 Å². The molecule has 0 aliphatic heterocycles. The molecule has 0 aliphatic rings. The summed E-state index contributed by atoms with van der Waals surface area (Å²) in [7, 11) is -2.50. The van der Waals surface area contributed by atoms with E-state index < -0.39 is 8.32 Å². The summed E-state index contributed by atoms with van der Waals surface area (Å²) in [4.78, 5) is 0. The molecule has 1 atom stereocenters. The van der Waals surface area contributed by atoms with E-state index in [2.05, 4.69) is 134 Å². The molecule has 0 fully saturated rings. The van der Waals surface area contributed by atoms with Crippen molar-refractivity contribution >= 4 is 18.7 Å². The lowest BCUT2D eigenvalue weighted by Crippen LogP contribution is -2.66. The normalized spacial score (nSPS) is 14.4. The van der Waals surface area contributed by atoms with Crippen molar-refractivity contribution in [3.05, 3.63) is 96.6 Å². The van der Waals surface area contributed by atoms with Gasteiger partial charge in [-0.15, -0.1) is 6.58 Å². The van der Waals surface area contributed by atoms with Crippen LogP contribution < -0.4 is 10.4 Å². The predicted octanol–water partition coefficient (Wildman–Crippen LogP) is 8.23. The van der Waals surface area contributed by atoms with Crippen LogP contribution in [0.1, 0.15) is 74.1 Å². The Morgan fingerprint density at radius 1 is 0.882 bits per heavy atom. The van der Waals surface area contributed by atoms with Gasteiger partial charge in [-0.1, -0.05) is 118 Å². The third kappa shape index (κ3) is 6.93. The largest absolute Gasteiger partial charge is 0.404 e. The number of rotatable bonds is 12. The van der Waals surface area contributed by atoms with Gasteiger partial charge in [0.15, 0.2) is 0 Å². The molecule has 2 rings (SSSR count). The Kier molecular flexibility index (Phi) is 10.3. The van der Waals surface area contributed by atoms with Crippen LogP contribution in [-0.2, 0) is 4.43 Å². The minimum Gasteiger partial charge on any atom is -0.404 e. The lowest BCUT2D eigenvalue weighted by molar-refractivity contribution is 0.325. The molecule has 0 saturated heterocycles. The van der Waals surface area contributed by atoms with E-state index in [9.17, 15) is 0 Å². The third-order valence-electron chi connectivity index (χ3n) is 7.11. The molecule has 2 heteroatoms. The average molecular weight is 475 g/mol. The Balaban J connectivity index is 2.33. The molecule has 0 aromatic heterocycles. The summed E-state index contributed by atoms with van der Waals surface area (Å²) >= 11 is 0. The van der Waals surface area contributed by atoms with Gasteiger partial charge in [0, 0.05) is 0 Å². The van der Waals surface area contributed by atoms with Crippen molar-refractivity contribution in [2.45, 2.75) is 79.2 Å². The molecule has 0 N–H and O–H groups in total. The highest BCUT2D eigenvalue weighted by Gasteiger charge is 2.49. The van der Waals surface area contributed by atoms with Crippen molar-refractivity contribution in [1.29, 1.82) is 0 Å². The van der Waals surface area contributed by atoms with Crippen LogP contribution >= 0.6 is 0 Å². The van der Waals surface area contributed by atoms with E-state index in [-0.39, 0.29) is 10.5 Å². The minimum atomic E-state index is -2.50. The van der Waals surface area contributed by atoms with Crippen LogP contribution in [0, 0.1) is 5.41 Å². The Morgan fingerprint density at radius 2 is 1.41 bits per heavy atom. The molecule has 1 unspecified atom stereocenters. The molecule has 184 valence electrons. The van der Waals surface area contributed by atoms with Gasteiger partial charge >= 0.3 is 0 Å². The summed E-state index contributed by atoms with van der Waals surface area (Å²) in [6, 6.07) is 21.8. The number of benzene rings is 2. The summed E-state index contributed by atoms with van der Waals surface area (Å²) in [5.41, 5.74) is 2.92. The van der Waals surface area contributed by atoms with Crippen molar-refractivity contribution in [2.24, 2.45) is 5.41 Å². The lowest BCUT2D eigenvalue weighted by atomic mass is 9.75. The van der Waals surface area contributed by atoms with Crippen LogP contribution in [0.4, 0.5) is 0 Å². The van der Waals surface area contributed by atoms with Crippen LogP contribution in [0.2, 0.25) is 5.04 Å². The summed E-state index contributed by atoms with van der Waals surface area (Å²) < 4.78 is 7.06. The van der Waals surface area contributed by atoms with E-state index in [0.717, 1.165) is 25.7 Å². The fraction of sp³-hybridized carbons (Fsp3) is 0.438. The summed E-state index contributed by atoms with van der Waals surface area (Å²) in [5, 5.41) is 2.65. The Bertz CT molecular complexity index is 906. The zero-order valence-corrected chi connectivity index (χ0v) is 23.7. The highest BCUT2D eigenvalue weighted by atomic mass is 28.4. The van der Waals surface area contributed by atoms with Crippen molar-refractivity contribution in [3.63, 3.8) is 0 Å². The summed E-state index contributed by atoms with van der Waals surface area (Å²) in [5.74, 6) is 0. The van der Waals surface area contributed by atoms with Gasteiger partial charge in [0.2, 0.25) is 0 Å². The first-order chi connectivity index (χ1) is 16.1. The van der Waals surface area contributed by atoms with E-state index in [1.165, 1.54) is 21.5 Å². The predicted molar refractivity (Wildman–Crippen MR) is 154 cm³/mol. The molecule has 0 heterocycles. The quantitative estimate of drug-likeness (QED) is 0.222. The third-order valence-corrected chi connectivity index (χ3v) is 12.1. The number of hydrogen-bond donors (Lipinski definition) is 0. The van der Waals surface area contributed by atoms with Crippen LogP contribution in [0.25, 0.3) is 0 Å². The van der Waals surface area contributed by atoms with Gasteiger partial charge in [0.05, 0.1) is 6.61 Å². The van der Waals surface area contributed by atoms with E-state index in [0.29, 0.717) is 6.61 Å². The maximum atomic E-state index is 7.06. The van der Waals surface area contributed by atoms with Crippen molar-refractivity contribution in [1.82, 2.24) is 0 Å². The molecule has 34 heavy (non-hydrogen) atoms. The van der Waals surface area contributed by atoms with Gasteiger partial charge < -0.3 is 4.43 Å². The maximum Gasteiger partial charge on any atom is 0.261 e. The van der Waals surface area contributed by atoms with Gasteiger partial charge in [0.1, 0.15) is 0 Å². The molecule has 0 bridgehead atoms. The second kappa shape index (κ2) is 12.5. The topological polar surface area (TPSA) is 9.23 Å².